The molecule has 35 heavy (non-hydrogen) atoms. The quantitative estimate of drug-likeness (QED) is 0.243. The maximum atomic E-state index is 12.2. The van der Waals surface area contributed by atoms with Crippen LogP contribution in [0, 0.1) is 6.92 Å². The van der Waals surface area contributed by atoms with Crippen LogP contribution >= 0.6 is 11.6 Å². The molecule has 0 aliphatic carbocycles. The molecule has 0 radical (unpaired) electrons. The van der Waals surface area contributed by atoms with Gasteiger partial charge in [-0.15, -0.1) is 0 Å². The van der Waals surface area contributed by atoms with Gasteiger partial charge in [-0.1, -0.05) is 47.1 Å². The molecule has 4 rings (SSSR count). The molecule has 0 unspecified atom stereocenters. The van der Waals surface area contributed by atoms with Crippen LogP contribution in [-0.2, 0) is 22.7 Å². The molecule has 180 valence electrons. The van der Waals surface area contributed by atoms with Gasteiger partial charge in [-0.3, -0.25) is 0 Å². The number of methoxy groups -OCH3 is 2. The van der Waals surface area contributed by atoms with Crippen LogP contribution in [-0.4, -0.2) is 40.1 Å². The van der Waals surface area contributed by atoms with Crippen LogP contribution < -0.4 is 9.47 Å². The monoisotopic (exact) mass is 494 g/mol. The molecule has 2 aromatic carbocycles. The van der Waals surface area contributed by atoms with Crippen LogP contribution in [0.5, 0.6) is 11.5 Å². The highest BCUT2D eigenvalue weighted by Gasteiger charge is 2.14. The molecule has 0 bridgehead atoms. The summed E-state index contributed by atoms with van der Waals surface area (Å²) in [7, 11) is 3.10. The molecule has 0 spiro atoms. The van der Waals surface area contributed by atoms with E-state index in [-0.39, 0.29) is 12.5 Å². The van der Waals surface area contributed by atoms with Gasteiger partial charge in [0.1, 0.15) is 5.15 Å². The highest BCUT2D eigenvalue weighted by Crippen LogP contribution is 2.31. The zero-order valence-corrected chi connectivity index (χ0v) is 20.2. The van der Waals surface area contributed by atoms with Crippen LogP contribution in [0.3, 0.4) is 0 Å². The number of hydrogen-bond donors (Lipinski definition) is 0. The van der Waals surface area contributed by atoms with Crippen molar-refractivity contribution >= 4 is 23.6 Å². The normalized spacial score (nSPS) is 11.1. The molecule has 0 aliphatic rings. The summed E-state index contributed by atoms with van der Waals surface area (Å²) in [4.78, 5) is 16.5. The van der Waals surface area contributed by atoms with E-state index >= 15 is 0 Å². The molecule has 4 aromatic rings. The second kappa shape index (κ2) is 10.9. The van der Waals surface area contributed by atoms with Gasteiger partial charge in [0, 0.05) is 17.2 Å². The lowest BCUT2D eigenvalue weighted by atomic mass is 10.2. The second-order valence-corrected chi connectivity index (χ2v) is 7.81. The van der Waals surface area contributed by atoms with E-state index in [1.165, 1.54) is 6.08 Å². The van der Waals surface area contributed by atoms with Gasteiger partial charge in [-0.25, -0.2) is 9.48 Å². The van der Waals surface area contributed by atoms with Crippen LogP contribution in [0.2, 0.25) is 5.15 Å². The van der Waals surface area contributed by atoms with Gasteiger partial charge >= 0.3 is 5.97 Å². The van der Waals surface area contributed by atoms with Crippen molar-refractivity contribution in [2.75, 3.05) is 14.2 Å². The Morgan fingerprint density at radius 1 is 1.11 bits per heavy atom. The van der Waals surface area contributed by atoms with Crippen molar-refractivity contribution in [1.29, 1.82) is 0 Å². The number of rotatable bonds is 9. The Morgan fingerprint density at radius 2 is 1.89 bits per heavy atom. The predicted octanol–water partition coefficient (Wildman–Crippen LogP) is 4.72. The fraction of sp³-hybridized carbons (Fsp3) is 0.200. The molecule has 9 nitrogen and oxygen atoms in total. The van der Waals surface area contributed by atoms with Gasteiger partial charge in [0.05, 0.1) is 26.5 Å². The van der Waals surface area contributed by atoms with Crippen LogP contribution in [0.15, 0.2) is 59.1 Å². The van der Waals surface area contributed by atoms with Crippen molar-refractivity contribution in [2.24, 2.45) is 0 Å². The Labute approximate surface area is 206 Å². The van der Waals surface area contributed by atoms with Gasteiger partial charge in [0.2, 0.25) is 5.82 Å². The summed E-state index contributed by atoms with van der Waals surface area (Å²) < 4.78 is 22.6. The summed E-state index contributed by atoms with van der Waals surface area (Å²) in [6, 6.07) is 15.1. The molecular weight excluding hydrogens is 472 g/mol. The summed E-state index contributed by atoms with van der Waals surface area (Å²) in [5.74, 6) is 1.03. The fourth-order valence-corrected chi connectivity index (χ4v) is 3.65. The van der Waals surface area contributed by atoms with Gasteiger partial charge < -0.3 is 18.7 Å². The molecule has 0 aliphatic heterocycles. The Hall–Kier alpha value is -4.11. The van der Waals surface area contributed by atoms with E-state index in [0.29, 0.717) is 45.8 Å². The number of ether oxygens (including phenoxy) is 3. The number of esters is 1. The fourth-order valence-electron chi connectivity index (χ4n) is 3.36. The second-order valence-electron chi connectivity index (χ2n) is 7.46. The van der Waals surface area contributed by atoms with E-state index in [4.69, 9.17) is 30.3 Å². The van der Waals surface area contributed by atoms with Gasteiger partial charge in [-0.2, -0.15) is 10.1 Å². The first kappa shape index (κ1) is 24.0. The molecule has 0 atom stereocenters. The summed E-state index contributed by atoms with van der Waals surface area (Å²) in [5, 5.41) is 8.83. The number of benzene rings is 2. The molecule has 10 heteroatoms. The van der Waals surface area contributed by atoms with E-state index in [0.717, 1.165) is 5.56 Å². The van der Waals surface area contributed by atoms with Gasteiger partial charge in [-0.05, 0) is 36.8 Å². The minimum absolute atomic E-state index is 0.154. The summed E-state index contributed by atoms with van der Waals surface area (Å²) in [6.07, 6.45) is 2.87. The van der Waals surface area contributed by atoms with E-state index in [1.807, 2.05) is 37.3 Å². The number of aryl methyl sites for hydroxylation is 1. The molecule has 0 saturated carbocycles. The van der Waals surface area contributed by atoms with Gasteiger partial charge in [0.15, 0.2) is 18.1 Å². The van der Waals surface area contributed by atoms with Gasteiger partial charge in [0.25, 0.3) is 5.89 Å². The van der Waals surface area contributed by atoms with E-state index < -0.39 is 5.97 Å². The Morgan fingerprint density at radius 3 is 2.63 bits per heavy atom. The number of halogens is 1. The molecule has 0 amide bonds. The van der Waals surface area contributed by atoms with Crippen molar-refractivity contribution in [3.63, 3.8) is 0 Å². The Bertz CT molecular complexity index is 1350. The highest BCUT2D eigenvalue weighted by atomic mass is 35.5. The van der Waals surface area contributed by atoms with Crippen LogP contribution in [0.1, 0.15) is 22.7 Å². The minimum atomic E-state index is -0.581. The average molecular weight is 495 g/mol. The van der Waals surface area contributed by atoms with Crippen LogP contribution in [0.25, 0.3) is 17.5 Å². The van der Waals surface area contributed by atoms with Crippen molar-refractivity contribution < 1.29 is 23.5 Å². The largest absolute Gasteiger partial charge is 0.493 e. The van der Waals surface area contributed by atoms with E-state index in [1.54, 1.807) is 43.2 Å². The minimum Gasteiger partial charge on any atom is -0.493 e. The number of hydrogen-bond acceptors (Lipinski definition) is 8. The third-order valence-electron chi connectivity index (χ3n) is 5.12. The molecule has 0 N–H and O–H groups in total. The maximum Gasteiger partial charge on any atom is 0.331 e. The van der Waals surface area contributed by atoms with Crippen molar-refractivity contribution in [3.05, 3.63) is 82.5 Å². The summed E-state index contributed by atoms with van der Waals surface area (Å²) in [6.45, 7) is 2.17. The highest BCUT2D eigenvalue weighted by molar-refractivity contribution is 6.31. The maximum absolute atomic E-state index is 12.2. The zero-order chi connectivity index (χ0) is 24.8. The topological polar surface area (TPSA) is 102 Å². The Balaban J connectivity index is 1.37. The number of aromatic nitrogens is 4. The summed E-state index contributed by atoms with van der Waals surface area (Å²) in [5.41, 5.74) is 3.08. The number of carbonyl (C=O) groups is 1. The third kappa shape index (κ3) is 5.70. The molecule has 0 saturated heterocycles. The lowest BCUT2D eigenvalue weighted by molar-refractivity contribution is -0.139. The van der Waals surface area contributed by atoms with Crippen LogP contribution in [0.4, 0.5) is 0 Å². The molecule has 2 aromatic heterocycles. The van der Waals surface area contributed by atoms with Crippen molar-refractivity contribution in [1.82, 2.24) is 19.9 Å². The number of carbonyl (C=O) groups excluding carboxylic acids is 1. The smallest absolute Gasteiger partial charge is 0.331 e. The third-order valence-corrected chi connectivity index (χ3v) is 5.52. The first-order chi connectivity index (χ1) is 17.0. The first-order valence-corrected chi connectivity index (χ1v) is 11.0. The lowest BCUT2D eigenvalue weighted by Gasteiger charge is -2.07. The zero-order valence-electron chi connectivity index (χ0n) is 19.4. The molecular formula is C25H23ClN4O5. The summed E-state index contributed by atoms with van der Waals surface area (Å²) >= 11 is 6.48. The predicted molar refractivity (Wildman–Crippen MR) is 129 cm³/mol. The SMILES string of the molecule is COc1ccc(-c2noc(COC(=O)/C=C/c3c(C)nn(Cc4ccccc4)c3Cl)n2)cc1OC. The van der Waals surface area contributed by atoms with E-state index in [9.17, 15) is 4.79 Å². The average Bonchev–Trinajstić information content (AvgIpc) is 3.46. The van der Waals surface area contributed by atoms with Crippen molar-refractivity contribution in [2.45, 2.75) is 20.1 Å². The first-order valence-electron chi connectivity index (χ1n) is 10.6. The number of nitrogens with zero attached hydrogens (tertiary/aromatic N) is 4. The molecule has 2 heterocycles. The van der Waals surface area contributed by atoms with E-state index in [2.05, 4.69) is 15.2 Å². The lowest BCUT2D eigenvalue weighted by Crippen LogP contribution is -2.02. The standard InChI is InChI=1S/C25H23ClN4O5/c1-16-19(24(26)30(28-16)14-17-7-5-4-6-8-17)10-12-23(31)34-15-22-27-25(29-35-22)18-9-11-20(32-2)21(13-18)33-3/h4-13H,14-15H2,1-3H3/b12-10+. The Kier molecular flexibility index (Phi) is 7.47. The van der Waals surface area contributed by atoms with Crippen molar-refractivity contribution in [3.8, 4) is 22.9 Å². The molecule has 0 fully saturated rings.